The van der Waals surface area contributed by atoms with Crippen LogP contribution in [0.4, 0.5) is 0 Å². The number of carbonyl (C=O) groups excluding carboxylic acids is 3. The minimum absolute atomic E-state index is 0.119. The normalized spacial score (nSPS) is 11.2. The number of esters is 2. The van der Waals surface area contributed by atoms with E-state index in [0.29, 0.717) is 6.42 Å². The van der Waals surface area contributed by atoms with Crippen LogP contribution >= 0.6 is 0 Å². The van der Waals surface area contributed by atoms with Crippen LogP contribution in [0.25, 0.3) is 0 Å². The average molecular weight is 416 g/mol. The van der Waals surface area contributed by atoms with Crippen LogP contribution in [0.3, 0.4) is 0 Å². The van der Waals surface area contributed by atoms with Crippen molar-refractivity contribution in [1.29, 1.82) is 0 Å². The molecule has 0 saturated carbocycles. The van der Waals surface area contributed by atoms with Gasteiger partial charge in [-0.3, -0.25) is 14.4 Å². The van der Waals surface area contributed by atoms with E-state index in [1.54, 1.807) is 14.0 Å². The van der Waals surface area contributed by atoms with E-state index in [2.05, 4.69) is 10.3 Å². The number of nitrogens with zero attached hydrogens (tertiary/aromatic N) is 1. The van der Waals surface area contributed by atoms with Gasteiger partial charge in [0.1, 0.15) is 18.4 Å². The number of aromatic nitrogens is 1. The highest BCUT2D eigenvalue weighted by atomic mass is 16.6. The van der Waals surface area contributed by atoms with Crippen LogP contribution in [0.15, 0.2) is 36.5 Å². The number of benzene rings is 1. The van der Waals surface area contributed by atoms with Crippen LogP contribution in [-0.2, 0) is 20.7 Å². The van der Waals surface area contributed by atoms with Crippen molar-refractivity contribution in [2.24, 2.45) is 0 Å². The van der Waals surface area contributed by atoms with Crippen LogP contribution in [0.1, 0.15) is 29.9 Å². The maximum atomic E-state index is 12.4. The third-order valence-electron chi connectivity index (χ3n) is 3.96. The molecule has 1 N–H and O–H groups in total. The molecule has 0 bridgehead atoms. The van der Waals surface area contributed by atoms with E-state index in [1.807, 2.05) is 24.3 Å². The molecular formula is C21H24N2O7. The van der Waals surface area contributed by atoms with Gasteiger partial charge < -0.3 is 24.3 Å². The van der Waals surface area contributed by atoms with E-state index in [-0.39, 0.29) is 23.7 Å². The lowest BCUT2D eigenvalue weighted by Gasteiger charge is -2.15. The second-order valence-electron chi connectivity index (χ2n) is 6.32. The summed E-state index contributed by atoms with van der Waals surface area (Å²) in [5.74, 6) is -1.16. The van der Waals surface area contributed by atoms with Gasteiger partial charge in [0.15, 0.2) is 11.4 Å². The maximum Gasteiger partial charge on any atom is 0.325 e. The van der Waals surface area contributed by atoms with Gasteiger partial charge in [-0.25, -0.2) is 4.98 Å². The summed E-state index contributed by atoms with van der Waals surface area (Å²) >= 11 is 0. The molecular weight excluding hydrogens is 392 g/mol. The first-order valence-corrected chi connectivity index (χ1v) is 9.16. The number of rotatable bonds is 9. The smallest absolute Gasteiger partial charge is 0.325 e. The second-order valence-corrected chi connectivity index (χ2v) is 6.32. The predicted octanol–water partition coefficient (Wildman–Crippen LogP) is 1.93. The Labute approximate surface area is 174 Å². The maximum absolute atomic E-state index is 12.4. The highest BCUT2D eigenvalue weighted by Gasteiger charge is 2.21. The molecule has 0 saturated heterocycles. The van der Waals surface area contributed by atoms with E-state index in [0.717, 1.165) is 11.3 Å². The molecule has 1 atom stereocenters. The summed E-state index contributed by atoms with van der Waals surface area (Å²) in [5.41, 5.74) is 0.801. The van der Waals surface area contributed by atoms with Crippen molar-refractivity contribution in [1.82, 2.24) is 10.3 Å². The van der Waals surface area contributed by atoms with Gasteiger partial charge in [-0.2, -0.15) is 0 Å². The fourth-order valence-electron chi connectivity index (χ4n) is 2.63. The molecule has 9 heteroatoms. The van der Waals surface area contributed by atoms with Gasteiger partial charge in [0.05, 0.1) is 14.2 Å². The summed E-state index contributed by atoms with van der Waals surface area (Å²) in [6, 6.07) is 8.87. The zero-order valence-corrected chi connectivity index (χ0v) is 17.3. The monoisotopic (exact) mass is 416 g/mol. The molecule has 2 aromatic rings. The van der Waals surface area contributed by atoms with Crippen LogP contribution in [0.2, 0.25) is 0 Å². The van der Waals surface area contributed by atoms with Gasteiger partial charge in [0, 0.05) is 25.6 Å². The lowest BCUT2D eigenvalue weighted by Crippen LogP contribution is -2.33. The lowest BCUT2D eigenvalue weighted by atomic mass is 10.1. The van der Waals surface area contributed by atoms with Crippen molar-refractivity contribution in [2.45, 2.75) is 26.4 Å². The molecule has 160 valence electrons. The van der Waals surface area contributed by atoms with Gasteiger partial charge >= 0.3 is 11.9 Å². The number of hydrogen-bond donors (Lipinski definition) is 1. The minimum Gasteiger partial charge on any atom is -0.497 e. The van der Waals surface area contributed by atoms with Crippen LogP contribution in [-0.4, -0.2) is 49.7 Å². The SMILES string of the molecule is COc1ccc(CC(C)OC(=O)CNC(=O)c2nccc(OC)c2OC(C)=O)cc1. The molecule has 2 rings (SSSR count). The molecule has 0 spiro atoms. The first kappa shape index (κ1) is 22.7. The van der Waals surface area contributed by atoms with Crippen molar-refractivity contribution in [3.63, 3.8) is 0 Å². The molecule has 1 heterocycles. The van der Waals surface area contributed by atoms with Crippen LogP contribution in [0, 0.1) is 0 Å². The minimum atomic E-state index is -0.704. The van der Waals surface area contributed by atoms with E-state index >= 15 is 0 Å². The molecule has 1 aromatic heterocycles. The van der Waals surface area contributed by atoms with Gasteiger partial charge in [-0.05, 0) is 24.6 Å². The average Bonchev–Trinajstić information content (AvgIpc) is 2.72. The standard InChI is InChI=1S/C21H24N2O7/c1-13(11-15-5-7-16(27-3)8-6-15)29-18(25)12-23-21(26)19-20(30-14(2)24)17(28-4)9-10-22-19/h5-10,13H,11-12H2,1-4H3,(H,23,26). The number of carbonyl (C=O) groups is 3. The van der Waals surface area contributed by atoms with E-state index in [1.165, 1.54) is 26.3 Å². The molecule has 0 aliphatic rings. The Bertz CT molecular complexity index is 897. The largest absolute Gasteiger partial charge is 0.497 e. The number of methoxy groups -OCH3 is 2. The van der Waals surface area contributed by atoms with Gasteiger partial charge in [-0.1, -0.05) is 12.1 Å². The van der Waals surface area contributed by atoms with Gasteiger partial charge in [-0.15, -0.1) is 0 Å². The lowest BCUT2D eigenvalue weighted by molar-refractivity contribution is -0.146. The molecule has 1 amide bonds. The van der Waals surface area contributed by atoms with Crippen LogP contribution in [0.5, 0.6) is 17.2 Å². The Hall–Kier alpha value is -3.62. The quantitative estimate of drug-likeness (QED) is 0.617. The number of ether oxygens (including phenoxy) is 4. The Balaban J connectivity index is 1.92. The van der Waals surface area contributed by atoms with Crippen molar-refractivity contribution >= 4 is 17.8 Å². The number of hydrogen-bond acceptors (Lipinski definition) is 8. The van der Waals surface area contributed by atoms with E-state index in [4.69, 9.17) is 18.9 Å². The molecule has 0 fully saturated rings. The Morgan fingerprint density at radius 3 is 2.37 bits per heavy atom. The Morgan fingerprint density at radius 2 is 1.77 bits per heavy atom. The Kier molecular flexibility index (Phi) is 8.16. The fourth-order valence-corrected chi connectivity index (χ4v) is 2.63. The summed E-state index contributed by atoms with van der Waals surface area (Å²) in [7, 11) is 2.95. The second kappa shape index (κ2) is 10.8. The topological polar surface area (TPSA) is 113 Å². The molecule has 0 aliphatic heterocycles. The molecule has 9 nitrogen and oxygen atoms in total. The number of nitrogens with one attached hydrogen (secondary N) is 1. The van der Waals surface area contributed by atoms with Crippen molar-refractivity contribution in [3.8, 4) is 17.2 Å². The van der Waals surface area contributed by atoms with Crippen molar-refractivity contribution in [3.05, 3.63) is 47.8 Å². The highest BCUT2D eigenvalue weighted by Crippen LogP contribution is 2.29. The third-order valence-corrected chi connectivity index (χ3v) is 3.96. The summed E-state index contributed by atoms with van der Waals surface area (Å²) in [4.78, 5) is 39.7. The Morgan fingerprint density at radius 1 is 1.07 bits per heavy atom. The zero-order chi connectivity index (χ0) is 22.1. The third kappa shape index (κ3) is 6.47. The number of amides is 1. The van der Waals surface area contributed by atoms with Crippen LogP contribution < -0.4 is 19.5 Å². The van der Waals surface area contributed by atoms with Crippen molar-refractivity contribution in [2.75, 3.05) is 20.8 Å². The first-order valence-electron chi connectivity index (χ1n) is 9.16. The fraction of sp³-hybridized carbons (Fsp3) is 0.333. The summed E-state index contributed by atoms with van der Waals surface area (Å²) < 4.78 is 20.5. The molecule has 1 unspecified atom stereocenters. The van der Waals surface area contributed by atoms with Gasteiger partial charge in [0.25, 0.3) is 5.91 Å². The molecule has 1 aromatic carbocycles. The molecule has 30 heavy (non-hydrogen) atoms. The summed E-state index contributed by atoms with van der Waals surface area (Å²) in [6.07, 6.45) is 1.45. The summed E-state index contributed by atoms with van der Waals surface area (Å²) in [5, 5.41) is 2.41. The number of pyridine rings is 1. The van der Waals surface area contributed by atoms with E-state index in [9.17, 15) is 14.4 Å². The molecule has 0 radical (unpaired) electrons. The first-order chi connectivity index (χ1) is 14.3. The van der Waals surface area contributed by atoms with Crippen molar-refractivity contribution < 1.29 is 33.3 Å². The zero-order valence-electron chi connectivity index (χ0n) is 17.3. The van der Waals surface area contributed by atoms with Gasteiger partial charge in [0.2, 0.25) is 5.75 Å². The van der Waals surface area contributed by atoms with E-state index < -0.39 is 23.9 Å². The highest BCUT2D eigenvalue weighted by molar-refractivity contribution is 5.98. The predicted molar refractivity (Wildman–Crippen MR) is 107 cm³/mol. The molecule has 0 aliphatic carbocycles. The summed E-state index contributed by atoms with van der Waals surface area (Å²) in [6.45, 7) is 2.58.